The first-order valence-corrected chi connectivity index (χ1v) is 5.55. The van der Waals surface area contributed by atoms with Crippen molar-refractivity contribution in [3.8, 4) is 0 Å². The summed E-state index contributed by atoms with van der Waals surface area (Å²) in [6, 6.07) is 7.88. The van der Waals surface area contributed by atoms with Crippen LogP contribution in [0, 0.1) is 6.92 Å². The van der Waals surface area contributed by atoms with Crippen molar-refractivity contribution in [2.45, 2.75) is 37.3 Å². The average molecular weight is 196 g/mol. The quantitative estimate of drug-likeness (QED) is 0.675. The predicted molar refractivity (Wildman–Crippen MR) is 57.3 cm³/mol. The van der Waals surface area contributed by atoms with Gasteiger partial charge in [-0.1, -0.05) is 17.7 Å². The highest BCUT2D eigenvalue weighted by atomic mass is 32.2. The molecule has 1 aromatic carbocycles. The van der Waals surface area contributed by atoms with Gasteiger partial charge in [-0.3, -0.25) is 4.21 Å². The standard InChI is InChI=1S/C11H16OS/c1-9-5-7-10(8-6-9)13(12)11(2,3)4/h5-8H,1-4H3. The molecule has 0 radical (unpaired) electrons. The number of rotatable bonds is 1. The Balaban J connectivity index is 2.97. The fourth-order valence-electron chi connectivity index (χ4n) is 1.02. The molecule has 0 amide bonds. The van der Waals surface area contributed by atoms with E-state index >= 15 is 0 Å². The molecule has 0 aliphatic carbocycles. The minimum Gasteiger partial charge on any atom is -0.254 e. The van der Waals surface area contributed by atoms with Gasteiger partial charge in [-0.15, -0.1) is 0 Å². The molecule has 0 saturated carbocycles. The normalized spacial score (nSPS) is 14.2. The molecule has 1 nitrogen and oxygen atoms in total. The van der Waals surface area contributed by atoms with Gasteiger partial charge in [-0.25, -0.2) is 0 Å². The average Bonchev–Trinajstić information content (AvgIpc) is 2.03. The van der Waals surface area contributed by atoms with Crippen molar-refractivity contribution in [3.05, 3.63) is 29.8 Å². The largest absolute Gasteiger partial charge is 0.254 e. The minimum atomic E-state index is -0.909. The fourth-order valence-corrected chi connectivity index (χ4v) is 2.11. The first kappa shape index (κ1) is 10.5. The third-order valence-corrected chi connectivity index (χ3v) is 3.60. The fraction of sp³-hybridized carbons (Fsp3) is 0.455. The van der Waals surface area contributed by atoms with Crippen molar-refractivity contribution in [2.24, 2.45) is 0 Å². The van der Waals surface area contributed by atoms with Crippen LogP contribution in [0.4, 0.5) is 0 Å². The van der Waals surface area contributed by atoms with E-state index < -0.39 is 10.8 Å². The van der Waals surface area contributed by atoms with E-state index in [1.165, 1.54) is 5.56 Å². The third kappa shape index (κ3) is 2.66. The van der Waals surface area contributed by atoms with Crippen molar-refractivity contribution in [1.29, 1.82) is 0 Å². The van der Waals surface area contributed by atoms with Crippen LogP contribution < -0.4 is 0 Å². The summed E-state index contributed by atoms with van der Waals surface area (Å²) in [6.45, 7) is 8.00. The van der Waals surface area contributed by atoms with Gasteiger partial charge in [-0.05, 0) is 39.8 Å². The molecule has 0 bridgehead atoms. The third-order valence-electron chi connectivity index (χ3n) is 1.79. The van der Waals surface area contributed by atoms with Gasteiger partial charge in [0.1, 0.15) is 0 Å². The molecule has 1 atom stereocenters. The first-order chi connectivity index (χ1) is 5.91. The maximum atomic E-state index is 11.9. The van der Waals surface area contributed by atoms with E-state index in [0.29, 0.717) is 0 Å². The second kappa shape index (κ2) is 3.62. The highest BCUT2D eigenvalue weighted by Gasteiger charge is 2.20. The summed E-state index contributed by atoms with van der Waals surface area (Å²) >= 11 is 0. The van der Waals surface area contributed by atoms with Gasteiger partial charge >= 0.3 is 0 Å². The molecule has 1 rings (SSSR count). The van der Waals surface area contributed by atoms with E-state index in [2.05, 4.69) is 0 Å². The van der Waals surface area contributed by atoms with Gasteiger partial charge in [0.05, 0.1) is 10.8 Å². The Morgan fingerprint density at radius 1 is 1.08 bits per heavy atom. The van der Waals surface area contributed by atoms with Gasteiger partial charge in [0, 0.05) is 9.64 Å². The van der Waals surface area contributed by atoms with E-state index in [1.54, 1.807) is 0 Å². The SMILES string of the molecule is Cc1ccc(S(=O)C(C)(C)C)cc1. The zero-order valence-electron chi connectivity index (χ0n) is 8.63. The molecule has 2 heteroatoms. The summed E-state index contributed by atoms with van der Waals surface area (Å²) in [4.78, 5) is 0.915. The second-order valence-electron chi connectivity index (χ2n) is 4.19. The Hall–Kier alpha value is -0.630. The summed E-state index contributed by atoms with van der Waals surface area (Å²) in [5.74, 6) is 0. The van der Waals surface area contributed by atoms with Gasteiger partial charge in [0.25, 0.3) is 0 Å². The highest BCUT2D eigenvalue weighted by Crippen LogP contribution is 2.20. The van der Waals surface area contributed by atoms with Crippen LogP contribution in [0.1, 0.15) is 26.3 Å². The van der Waals surface area contributed by atoms with Gasteiger partial charge in [0.2, 0.25) is 0 Å². The van der Waals surface area contributed by atoms with E-state index in [0.717, 1.165) is 4.90 Å². The maximum Gasteiger partial charge on any atom is 0.0583 e. The lowest BCUT2D eigenvalue weighted by Crippen LogP contribution is -2.21. The summed E-state index contributed by atoms with van der Waals surface area (Å²) in [5.41, 5.74) is 1.20. The molecule has 0 heterocycles. The Bertz CT molecular complexity index is 306. The van der Waals surface area contributed by atoms with Crippen LogP contribution in [0.5, 0.6) is 0 Å². The van der Waals surface area contributed by atoms with Crippen LogP contribution in [-0.4, -0.2) is 8.96 Å². The molecule has 0 N–H and O–H groups in total. The van der Waals surface area contributed by atoms with Crippen LogP contribution in [0.25, 0.3) is 0 Å². The summed E-state index contributed by atoms with van der Waals surface area (Å²) in [5, 5.41) is 0. The topological polar surface area (TPSA) is 17.1 Å². The van der Waals surface area contributed by atoms with Crippen molar-refractivity contribution in [2.75, 3.05) is 0 Å². The molecule has 0 aromatic heterocycles. The van der Waals surface area contributed by atoms with Crippen molar-refractivity contribution in [1.82, 2.24) is 0 Å². The molecule has 0 aliphatic rings. The predicted octanol–water partition coefficient (Wildman–Crippen LogP) is 2.90. The Kier molecular flexibility index (Phi) is 2.91. The molecule has 72 valence electrons. The molecular weight excluding hydrogens is 180 g/mol. The van der Waals surface area contributed by atoms with Crippen molar-refractivity contribution in [3.63, 3.8) is 0 Å². The van der Waals surface area contributed by atoms with E-state index in [4.69, 9.17) is 0 Å². The molecule has 1 aromatic rings. The number of hydrogen-bond donors (Lipinski definition) is 0. The number of hydrogen-bond acceptors (Lipinski definition) is 1. The van der Waals surface area contributed by atoms with Crippen LogP contribution in [0.15, 0.2) is 29.2 Å². The molecular formula is C11H16OS. The maximum absolute atomic E-state index is 11.9. The summed E-state index contributed by atoms with van der Waals surface area (Å²) < 4.78 is 11.7. The number of aryl methyl sites for hydroxylation is 1. The highest BCUT2D eigenvalue weighted by molar-refractivity contribution is 7.86. The molecule has 0 aliphatic heterocycles. The zero-order chi connectivity index (χ0) is 10.1. The van der Waals surface area contributed by atoms with Gasteiger partial charge < -0.3 is 0 Å². The smallest absolute Gasteiger partial charge is 0.0583 e. The molecule has 1 unspecified atom stereocenters. The van der Waals surface area contributed by atoms with Crippen molar-refractivity contribution >= 4 is 10.8 Å². The second-order valence-corrected chi connectivity index (χ2v) is 6.43. The number of benzene rings is 1. The van der Waals surface area contributed by atoms with E-state index in [9.17, 15) is 4.21 Å². The van der Waals surface area contributed by atoms with E-state index in [1.807, 2.05) is 52.0 Å². The minimum absolute atomic E-state index is 0.171. The molecule has 13 heavy (non-hydrogen) atoms. The molecule has 0 fully saturated rings. The van der Waals surface area contributed by atoms with Crippen LogP contribution >= 0.6 is 0 Å². The monoisotopic (exact) mass is 196 g/mol. The summed E-state index contributed by atoms with van der Waals surface area (Å²) in [6.07, 6.45) is 0. The lowest BCUT2D eigenvalue weighted by molar-refractivity contribution is 0.649. The Labute approximate surface area is 82.6 Å². The lowest BCUT2D eigenvalue weighted by atomic mass is 10.2. The van der Waals surface area contributed by atoms with Crippen molar-refractivity contribution < 1.29 is 4.21 Å². The Morgan fingerprint density at radius 3 is 1.92 bits per heavy atom. The van der Waals surface area contributed by atoms with E-state index in [-0.39, 0.29) is 4.75 Å². The first-order valence-electron chi connectivity index (χ1n) is 4.40. The Morgan fingerprint density at radius 2 is 1.54 bits per heavy atom. The molecule has 0 spiro atoms. The zero-order valence-corrected chi connectivity index (χ0v) is 9.44. The van der Waals surface area contributed by atoms with Crippen LogP contribution in [0.3, 0.4) is 0 Å². The molecule has 0 saturated heterocycles. The van der Waals surface area contributed by atoms with Gasteiger partial charge in [-0.2, -0.15) is 0 Å². The lowest BCUT2D eigenvalue weighted by Gasteiger charge is -2.17. The van der Waals surface area contributed by atoms with Crippen LogP contribution in [-0.2, 0) is 10.8 Å². The van der Waals surface area contributed by atoms with Crippen LogP contribution in [0.2, 0.25) is 0 Å². The summed E-state index contributed by atoms with van der Waals surface area (Å²) in [7, 11) is -0.909. The van der Waals surface area contributed by atoms with Gasteiger partial charge in [0.15, 0.2) is 0 Å².